The number of nitrogens with one attached hydrogen (secondary N) is 1. The zero-order chi connectivity index (χ0) is 30.1. The number of aromatic hydroxyl groups is 2. The molecule has 7 nitrogen and oxygen atoms in total. The molecule has 0 heterocycles. The molecule has 8 heteroatoms. The molecule has 44 heavy (non-hydrogen) atoms. The van der Waals surface area contributed by atoms with Crippen LogP contribution in [0.15, 0.2) is 118 Å². The molecule has 0 amide bonds. The topological polar surface area (TPSA) is 102 Å². The van der Waals surface area contributed by atoms with Crippen molar-refractivity contribution in [3.05, 3.63) is 119 Å². The SMILES string of the molecule is Cc1cc(C)c2cc(N=Nc3cc(O)c(N=Nc4c(C)cc5cc(Nc6ccccc6)ccc5c4O)cc3C)ccc2c1.[Cu]. The van der Waals surface area contributed by atoms with Crippen molar-refractivity contribution in [3.8, 4) is 11.5 Å². The van der Waals surface area contributed by atoms with E-state index >= 15 is 0 Å². The Morgan fingerprint density at radius 1 is 0.545 bits per heavy atom. The zero-order valence-corrected chi connectivity index (χ0v) is 25.7. The van der Waals surface area contributed by atoms with E-state index in [4.69, 9.17) is 0 Å². The average molecular weight is 629 g/mol. The molecule has 0 aliphatic rings. The predicted molar refractivity (Wildman–Crippen MR) is 175 cm³/mol. The Bertz CT molecular complexity index is 2070. The Hall–Kier alpha value is -5.04. The van der Waals surface area contributed by atoms with Crippen LogP contribution in [-0.2, 0) is 17.1 Å². The molecular weight excluding hydrogens is 598 g/mol. The Morgan fingerprint density at radius 2 is 1.32 bits per heavy atom. The average Bonchev–Trinajstić information content (AvgIpc) is 2.98. The van der Waals surface area contributed by atoms with Gasteiger partial charge in [-0.05, 0) is 115 Å². The smallest absolute Gasteiger partial charge is 0.151 e. The Labute approximate surface area is 266 Å². The molecule has 0 aliphatic carbocycles. The molecule has 1 radical (unpaired) electrons. The summed E-state index contributed by atoms with van der Waals surface area (Å²) in [5.74, 6) is -0.0462. The summed E-state index contributed by atoms with van der Waals surface area (Å²) in [4.78, 5) is 0. The van der Waals surface area contributed by atoms with Crippen LogP contribution in [0.5, 0.6) is 11.5 Å². The molecular formula is C36H31CuN5O2. The molecule has 0 bridgehead atoms. The number of phenols is 2. The van der Waals surface area contributed by atoms with Crippen molar-refractivity contribution >= 4 is 55.7 Å². The van der Waals surface area contributed by atoms with E-state index in [0.717, 1.165) is 44.3 Å². The molecule has 223 valence electrons. The Balaban J connectivity index is 0.00000384. The number of fused-ring (bicyclic) bond motifs is 2. The number of azo groups is 2. The number of nitrogens with zero attached hydrogens (tertiary/aromatic N) is 4. The quantitative estimate of drug-likeness (QED) is 0.126. The first kappa shape index (κ1) is 30.4. The molecule has 0 fully saturated rings. The van der Waals surface area contributed by atoms with Crippen LogP contribution >= 0.6 is 0 Å². The third-order valence-electron chi connectivity index (χ3n) is 7.45. The van der Waals surface area contributed by atoms with Crippen molar-refractivity contribution < 1.29 is 27.3 Å². The summed E-state index contributed by atoms with van der Waals surface area (Å²) < 4.78 is 0. The molecule has 6 aromatic rings. The molecule has 0 spiro atoms. The number of rotatable bonds is 6. The minimum absolute atomic E-state index is 0. The van der Waals surface area contributed by atoms with Crippen molar-refractivity contribution in [1.29, 1.82) is 0 Å². The molecule has 0 aliphatic heterocycles. The molecule has 0 saturated heterocycles. The Kier molecular flexibility index (Phi) is 8.76. The fourth-order valence-electron chi connectivity index (χ4n) is 5.26. The second-order valence-corrected chi connectivity index (χ2v) is 10.8. The number of para-hydroxylation sites is 1. The van der Waals surface area contributed by atoms with Crippen LogP contribution in [0, 0.1) is 27.7 Å². The monoisotopic (exact) mass is 628 g/mol. The number of hydrogen-bond donors (Lipinski definition) is 3. The zero-order valence-electron chi connectivity index (χ0n) is 24.7. The maximum absolute atomic E-state index is 11.1. The van der Waals surface area contributed by atoms with Crippen molar-refractivity contribution in [2.45, 2.75) is 27.7 Å². The van der Waals surface area contributed by atoms with Gasteiger partial charge in [-0.2, -0.15) is 10.2 Å². The largest absolute Gasteiger partial charge is 0.506 e. The predicted octanol–water partition coefficient (Wildman–Crippen LogP) is 11.2. The van der Waals surface area contributed by atoms with Gasteiger partial charge in [0.15, 0.2) is 5.75 Å². The van der Waals surface area contributed by atoms with E-state index in [1.54, 1.807) is 6.07 Å². The van der Waals surface area contributed by atoms with Crippen molar-refractivity contribution in [2.24, 2.45) is 20.5 Å². The van der Waals surface area contributed by atoms with Gasteiger partial charge >= 0.3 is 0 Å². The van der Waals surface area contributed by atoms with E-state index < -0.39 is 0 Å². The second kappa shape index (κ2) is 12.7. The van der Waals surface area contributed by atoms with Gasteiger partial charge in [-0.25, -0.2) is 0 Å². The maximum atomic E-state index is 11.1. The summed E-state index contributed by atoms with van der Waals surface area (Å²) in [7, 11) is 0. The fraction of sp³-hybridized carbons (Fsp3) is 0.111. The standard InChI is InChI=1S/C36H31N5O2.Cu/c1-21-14-22(2)31-19-29(11-10-25(31)15-21)38-39-32-20-34(42)33(17-23(32)3)40-41-35-24(4)16-26-18-28(12-13-30(26)36(35)43)37-27-8-6-5-7-9-27;/h5-20,37,42-43H,1-4H3;. The van der Waals surface area contributed by atoms with E-state index in [1.807, 2.05) is 86.6 Å². The normalized spacial score (nSPS) is 11.5. The number of anilines is 2. The number of hydrogen-bond acceptors (Lipinski definition) is 7. The van der Waals surface area contributed by atoms with Gasteiger partial charge in [-0.1, -0.05) is 42.0 Å². The molecule has 0 saturated carbocycles. The third-order valence-corrected chi connectivity index (χ3v) is 7.45. The van der Waals surface area contributed by atoms with Gasteiger partial charge in [-0.3, -0.25) is 0 Å². The second-order valence-electron chi connectivity index (χ2n) is 10.8. The first-order valence-electron chi connectivity index (χ1n) is 14.0. The van der Waals surface area contributed by atoms with E-state index in [9.17, 15) is 10.2 Å². The minimum Gasteiger partial charge on any atom is -0.506 e. The third kappa shape index (κ3) is 6.32. The van der Waals surface area contributed by atoms with Gasteiger partial charge in [0.05, 0.1) is 11.4 Å². The summed E-state index contributed by atoms with van der Waals surface area (Å²) in [6.45, 7) is 7.92. The molecule has 6 rings (SSSR count). The summed E-state index contributed by atoms with van der Waals surface area (Å²) in [5, 5.41) is 46.4. The van der Waals surface area contributed by atoms with E-state index in [2.05, 4.69) is 51.8 Å². The van der Waals surface area contributed by atoms with Gasteiger partial charge in [-0.15, -0.1) is 10.2 Å². The Morgan fingerprint density at radius 3 is 2.11 bits per heavy atom. The van der Waals surface area contributed by atoms with E-state index in [0.29, 0.717) is 16.8 Å². The van der Waals surface area contributed by atoms with Crippen LogP contribution in [0.25, 0.3) is 21.5 Å². The number of benzene rings is 6. The summed E-state index contributed by atoms with van der Waals surface area (Å²) in [5.41, 5.74) is 7.72. The van der Waals surface area contributed by atoms with E-state index in [-0.39, 0.29) is 34.3 Å². The van der Waals surface area contributed by atoms with Gasteiger partial charge < -0.3 is 15.5 Å². The van der Waals surface area contributed by atoms with E-state index in [1.165, 1.54) is 17.2 Å². The van der Waals surface area contributed by atoms with Gasteiger partial charge in [0.25, 0.3) is 0 Å². The van der Waals surface area contributed by atoms with Crippen LogP contribution < -0.4 is 5.32 Å². The maximum Gasteiger partial charge on any atom is 0.151 e. The first-order valence-corrected chi connectivity index (χ1v) is 14.0. The van der Waals surface area contributed by atoms with Crippen molar-refractivity contribution in [2.75, 3.05) is 5.32 Å². The van der Waals surface area contributed by atoms with Crippen molar-refractivity contribution in [1.82, 2.24) is 0 Å². The van der Waals surface area contributed by atoms with Gasteiger partial charge in [0, 0.05) is 39.9 Å². The number of phenolic OH excluding ortho intramolecular Hbond substituents is 2. The molecule has 6 aromatic carbocycles. The number of aryl methyl sites for hydroxylation is 4. The summed E-state index contributed by atoms with van der Waals surface area (Å²) >= 11 is 0. The fourth-order valence-corrected chi connectivity index (χ4v) is 5.26. The molecule has 3 N–H and O–H groups in total. The minimum atomic E-state index is -0.0808. The summed E-state index contributed by atoms with van der Waals surface area (Å²) in [6.07, 6.45) is 0. The molecule has 0 unspecified atom stereocenters. The van der Waals surface area contributed by atoms with Crippen LogP contribution in [0.1, 0.15) is 22.3 Å². The van der Waals surface area contributed by atoms with Gasteiger partial charge in [0.1, 0.15) is 17.1 Å². The van der Waals surface area contributed by atoms with Crippen LogP contribution in [0.4, 0.5) is 34.1 Å². The van der Waals surface area contributed by atoms with Crippen molar-refractivity contribution in [3.63, 3.8) is 0 Å². The molecule has 0 aromatic heterocycles. The summed E-state index contributed by atoms with van der Waals surface area (Å²) in [6, 6.07) is 31.1. The van der Waals surface area contributed by atoms with Gasteiger partial charge in [0.2, 0.25) is 0 Å². The van der Waals surface area contributed by atoms with Crippen LogP contribution in [0.3, 0.4) is 0 Å². The molecule has 0 atom stereocenters. The van der Waals surface area contributed by atoms with Crippen LogP contribution in [0.2, 0.25) is 0 Å². The van der Waals surface area contributed by atoms with Crippen LogP contribution in [-0.4, -0.2) is 10.2 Å². The first-order chi connectivity index (χ1) is 20.7.